The Morgan fingerprint density at radius 2 is 2.08 bits per heavy atom. The minimum atomic E-state index is -0.0205. The molecule has 1 amide bonds. The second-order valence-electron chi connectivity index (χ2n) is 6.15. The Hall–Kier alpha value is -2.47. The summed E-state index contributed by atoms with van der Waals surface area (Å²) < 4.78 is 5.33. The molecular formula is C19H25ClN4O2. The molecule has 0 radical (unpaired) electrons. The third-order valence-corrected chi connectivity index (χ3v) is 4.22. The van der Waals surface area contributed by atoms with Crippen molar-refractivity contribution in [3.63, 3.8) is 0 Å². The third kappa shape index (κ3) is 6.44. The number of nitrogens with zero attached hydrogens (tertiary/aromatic N) is 2. The summed E-state index contributed by atoms with van der Waals surface area (Å²) in [7, 11) is 3.45. The van der Waals surface area contributed by atoms with Crippen LogP contribution in [-0.4, -0.2) is 44.0 Å². The summed E-state index contributed by atoms with van der Waals surface area (Å²) >= 11 is 6.06. The van der Waals surface area contributed by atoms with Gasteiger partial charge in [0, 0.05) is 32.1 Å². The SMILES string of the molecule is Cc1cc(CN=C(NCCc2ccco2)NCC(=O)N(C)C)ccc1Cl. The van der Waals surface area contributed by atoms with Crippen LogP contribution in [0.1, 0.15) is 16.9 Å². The Labute approximate surface area is 159 Å². The standard InChI is InChI=1S/C19H25ClN4O2/c1-14-11-15(6-7-17(14)20)12-22-19(23-13-18(25)24(2)3)21-9-8-16-5-4-10-26-16/h4-7,10-11H,8-9,12-13H2,1-3H3,(H2,21,22,23). The lowest BCUT2D eigenvalue weighted by Gasteiger charge is -2.15. The number of halogens is 1. The summed E-state index contributed by atoms with van der Waals surface area (Å²) in [6.07, 6.45) is 2.39. The van der Waals surface area contributed by atoms with Crippen LogP contribution in [0.4, 0.5) is 0 Å². The first kappa shape index (κ1) is 19.8. The molecule has 0 unspecified atom stereocenters. The molecule has 0 saturated carbocycles. The molecule has 140 valence electrons. The first-order valence-electron chi connectivity index (χ1n) is 8.45. The minimum Gasteiger partial charge on any atom is -0.469 e. The largest absolute Gasteiger partial charge is 0.469 e. The van der Waals surface area contributed by atoms with Crippen LogP contribution in [-0.2, 0) is 17.8 Å². The highest BCUT2D eigenvalue weighted by atomic mass is 35.5. The lowest BCUT2D eigenvalue weighted by atomic mass is 10.1. The molecule has 2 aromatic rings. The van der Waals surface area contributed by atoms with Gasteiger partial charge in [-0.3, -0.25) is 4.79 Å². The van der Waals surface area contributed by atoms with Gasteiger partial charge in [0.25, 0.3) is 0 Å². The molecule has 2 rings (SSSR count). The quantitative estimate of drug-likeness (QED) is 0.575. The van der Waals surface area contributed by atoms with E-state index in [1.165, 1.54) is 4.90 Å². The normalized spacial score (nSPS) is 11.3. The summed E-state index contributed by atoms with van der Waals surface area (Å²) in [6, 6.07) is 9.62. The van der Waals surface area contributed by atoms with Crippen molar-refractivity contribution in [1.29, 1.82) is 0 Å². The Morgan fingerprint density at radius 1 is 1.27 bits per heavy atom. The fraction of sp³-hybridized carbons (Fsp3) is 0.368. The van der Waals surface area contributed by atoms with Gasteiger partial charge in [0.2, 0.25) is 5.91 Å². The van der Waals surface area contributed by atoms with E-state index in [9.17, 15) is 4.79 Å². The van der Waals surface area contributed by atoms with Gasteiger partial charge >= 0.3 is 0 Å². The molecule has 0 fully saturated rings. The van der Waals surface area contributed by atoms with Crippen LogP contribution >= 0.6 is 11.6 Å². The predicted octanol–water partition coefficient (Wildman–Crippen LogP) is 2.61. The van der Waals surface area contributed by atoms with Crippen LogP contribution in [0, 0.1) is 6.92 Å². The average Bonchev–Trinajstić information content (AvgIpc) is 3.12. The number of aliphatic imine (C=N–C) groups is 1. The van der Waals surface area contributed by atoms with Gasteiger partial charge in [-0.25, -0.2) is 4.99 Å². The Balaban J connectivity index is 1.97. The van der Waals surface area contributed by atoms with Gasteiger partial charge in [0.15, 0.2) is 5.96 Å². The van der Waals surface area contributed by atoms with Crippen LogP contribution in [0.25, 0.3) is 0 Å². The van der Waals surface area contributed by atoms with Crippen molar-refractivity contribution in [2.24, 2.45) is 4.99 Å². The Bertz CT molecular complexity index is 742. The lowest BCUT2D eigenvalue weighted by molar-refractivity contribution is -0.127. The van der Waals surface area contributed by atoms with Crippen molar-refractivity contribution in [3.8, 4) is 0 Å². The first-order chi connectivity index (χ1) is 12.5. The topological polar surface area (TPSA) is 69.9 Å². The predicted molar refractivity (Wildman–Crippen MR) is 104 cm³/mol. The maximum absolute atomic E-state index is 11.8. The van der Waals surface area contributed by atoms with E-state index >= 15 is 0 Å². The van der Waals surface area contributed by atoms with Crippen LogP contribution < -0.4 is 10.6 Å². The number of hydrogen-bond donors (Lipinski definition) is 2. The number of rotatable bonds is 7. The molecule has 6 nitrogen and oxygen atoms in total. The van der Waals surface area contributed by atoms with E-state index in [4.69, 9.17) is 16.0 Å². The van der Waals surface area contributed by atoms with Crippen molar-refractivity contribution >= 4 is 23.5 Å². The summed E-state index contributed by atoms with van der Waals surface area (Å²) in [4.78, 5) is 17.9. The molecular weight excluding hydrogens is 352 g/mol. The molecule has 1 aromatic heterocycles. The molecule has 1 aromatic carbocycles. The Kier molecular flexibility index (Phi) is 7.53. The Morgan fingerprint density at radius 3 is 2.73 bits per heavy atom. The summed E-state index contributed by atoms with van der Waals surface area (Å²) in [6.45, 7) is 3.28. The van der Waals surface area contributed by atoms with Crippen molar-refractivity contribution in [2.75, 3.05) is 27.2 Å². The smallest absolute Gasteiger partial charge is 0.241 e. The van der Waals surface area contributed by atoms with Gasteiger partial charge in [-0.15, -0.1) is 0 Å². The highest BCUT2D eigenvalue weighted by Gasteiger charge is 2.06. The number of aryl methyl sites for hydroxylation is 1. The second kappa shape index (κ2) is 9.87. The average molecular weight is 377 g/mol. The zero-order valence-corrected chi connectivity index (χ0v) is 16.1. The molecule has 0 aliphatic carbocycles. The molecule has 0 bridgehead atoms. The maximum Gasteiger partial charge on any atom is 0.241 e. The van der Waals surface area contributed by atoms with Gasteiger partial charge in [0.05, 0.1) is 19.4 Å². The number of hydrogen-bond acceptors (Lipinski definition) is 3. The molecule has 0 aliphatic heterocycles. The number of guanidine groups is 1. The number of furan rings is 1. The van der Waals surface area contributed by atoms with Gasteiger partial charge < -0.3 is 20.0 Å². The number of amides is 1. The molecule has 1 heterocycles. The molecule has 2 N–H and O–H groups in total. The van der Waals surface area contributed by atoms with E-state index in [-0.39, 0.29) is 12.5 Å². The summed E-state index contributed by atoms with van der Waals surface area (Å²) in [5.41, 5.74) is 2.07. The van der Waals surface area contributed by atoms with Crippen molar-refractivity contribution < 1.29 is 9.21 Å². The second-order valence-corrected chi connectivity index (χ2v) is 6.55. The van der Waals surface area contributed by atoms with Crippen molar-refractivity contribution in [3.05, 3.63) is 58.5 Å². The monoisotopic (exact) mass is 376 g/mol. The first-order valence-corrected chi connectivity index (χ1v) is 8.83. The zero-order valence-electron chi connectivity index (χ0n) is 15.4. The minimum absolute atomic E-state index is 0.0205. The lowest BCUT2D eigenvalue weighted by Crippen LogP contribution is -2.43. The number of carbonyl (C=O) groups excluding carboxylic acids is 1. The van der Waals surface area contributed by atoms with Crippen LogP contribution in [0.2, 0.25) is 5.02 Å². The van der Waals surface area contributed by atoms with Crippen LogP contribution in [0.5, 0.6) is 0 Å². The molecule has 0 aliphatic rings. The number of nitrogens with one attached hydrogen (secondary N) is 2. The van der Waals surface area contributed by atoms with Crippen molar-refractivity contribution in [2.45, 2.75) is 19.9 Å². The van der Waals surface area contributed by atoms with Gasteiger partial charge in [-0.2, -0.15) is 0 Å². The number of carbonyl (C=O) groups is 1. The molecule has 0 spiro atoms. The maximum atomic E-state index is 11.8. The number of likely N-dealkylation sites (N-methyl/N-ethyl adjacent to an activating group) is 1. The molecule has 0 saturated heterocycles. The highest BCUT2D eigenvalue weighted by molar-refractivity contribution is 6.31. The van der Waals surface area contributed by atoms with E-state index in [0.717, 1.165) is 28.3 Å². The van der Waals surface area contributed by atoms with E-state index in [2.05, 4.69) is 15.6 Å². The highest BCUT2D eigenvalue weighted by Crippen LogP contribution is 2.16. The van der Waals surface area contributed by atoms with E-state index in [1.54, 1.807) is 20.4 Å². The number of benzene rings is 1. The van der Waals surface area contributed by atoms with Gasteiger partial charge in [-0.05, 0) is 36.2 Å². The summed E-state index contributed by atoms with van der Waals surface area (Å²) in [5.74, 6) is 1.46. The van der Waals surface area contributed by atoms with E-state index < -0.39 is 0 Å². The fourth-order valence-electron chi connectivity index (χ4n) is 2.23. The van der Waals surface area contributed by atoms with Gasteiger partial charge in [-0.1, -0.05) is 23.7 Å². The van der Waals surface area contributed by atoms with Crippen LogP contribution in [0.15, 0.2) is 46.0 Å². The zero-order chi connectivity index (χ0) is 18.9. The summed E-state index contributed by atoms with van der Waals surface area (Å²) in [5, 5.41) is 7.04. The molecule has 0 atom stereocenters. The van der Waals surface area contributed by atoms with Crippen molar-refractivity contribution in [1.82, 2.24) is 15.5 Å². The van der Waals surface area contributed by atoms with Gasteiger partial charge in [0.1, 0.15) is 5.76 Å². The molecule has 26 heavy (non-hydrogen) atoms. The molecule has 7 heteroatoms. The fourth-order valence-corrected chi connectivity index (χ4v) is 2.34. The third-order valence-electron chi connectivity index (χ3n) is 3.79. The van der Waals surface area contributed by atoms with Crippen LogP contribution in [0.3, 0.4) is 0 Å². The van der Waals surface area contributed by atoms with E-state index in [1.807, 2.05) is 37.3 Å². The van der Waals surface area contributed by atoms with E-state index in [0.29, 0.717) is 19.0 Å².